The Morgan fingerprint density at radius 2 is 2.09 bits per heavy atom. The molecule has 1 aliphatic rings. The summed E-state index contributed by atoms with van der Waals surface area (Å²) in [5.74, 6) is -1.89. The van der Waals surface area contributed by atoms with Crippen molar-refractivity contribution in [2.24, 2.45) is 0 Å². The summed E-state index contributed by atoms with van der Waals surface area (Å²) in [5, 5.41) is 16.1. The van der Waals surface area contributed by atoms with Crippen molar-refractivity contribution in [2.45, 2.75) is 25.7 Å². The highest BCUT2D eigenvalue weighted by Crippen LogP contribution is 2.32. The minimum Gasteiger partial charge on any atom is -0.495 e. The number of rotatable bonds is 6. The van der Waals surface area contributed by atoms with Gasteiger partial charge in [-0.05, 0) is 25.1 Å². The van der Waals surface area contributed by atoms with Crippen LogP contribution < -0.4 is 15.4 Å². The number of aromatic amines is 1. The number of carbonyl (C=O) groups excluding carboxylic acids is 1. The van der Waals surface area contributed by atoms with Gasteiger partial charge in [0.1, 0.15) is 23.3 Å². The van der Waals surface area contributed by atoms with Crippen molar-refractivity contribution in [3.63, 3.8) is 0 Å². The number of carbonyl (C=O) groups is 1. The molecule has 4 rings (SSSR count). The molecule has 0 saturated carbocycles. The Balaban J connectivity index is 1.59. The van der Waals surface area contributed by atoms with E-state index in [4.69, 9.17) is 4.74 Å². The zero-order valence-corrected chi connectivity index (χ0v) is 18.2. The van der Waals surface area contributed by atoms with E-state index in [1.807, 2.05) is 6.92 Å². The molecule has 1 aliphatic heterocycles. The van der Waals surface area contributed by atoms with Crippen molar-refractivity contribution in [1.29, 1.82) is 5.26 Å². The molecule has 1 aromatic carbocycles. The molecule has 3 heterocycles. The highest BCUT2D eigenvalue weighted by Gasteiger charge is 2.35. The predicted molar refractivity (Wildman–Crippen MR) is 119 cm³/mol. The van der Waals surface area contributed by atoms with Gasteiger partial charge in [0, 0.05) is 44.2 Å². The fourth-order valence-electron chi connectivity index (χ4n) is 3.74. The minimum absolute atomic E-state index is 0.00996. The molecule has 3 N–H and O–H groups in total. The lowest BCUT2D eigenvalue weighted by Crippen LogP contribution is -2.42. The maximum absolute atomic E-state index is 13.4. The fourth-order valence-corrected chi connectivity index (χ4v) is 3.74. The zero-order valence-electron chi connectivity index (χ0n) is 18.2. The van der Waals surface area contributed by atoms with Crippen molar-refractivity contribution in [2.75, 3.05) is 37.4 Å². The molecular formula is C22H23F2N7O2. The van der Waals surface area contributed by atoms with Crippen molar-refractivity contribution in [3.8, 4) is 11.8 Å². The fraction of sp³-hybridized carbons (Fsp3) is 0.364. The van der Waals surface area contributed by atoms with Crippen LogP contribution >= 0.6 is 0 Å². The molecule has 11 heteroatoms. The van der Waals surface area contributed by atoms with E-state index in [0.29, 0.717) is 46.0 Å². The number of H-pyrrole nitrogens is 1. The van der Waals surface area contributed by atoms with E-state index in [-0.39, 0.29) is 37.8 Å². The minimum atomic E-state index is -2.72. The van der Waals surface area contributed by atoms with E-state index in [0.717, 1.165) is 0 Å². The lowest BCUT2D eigenvalue weighted by atomic mass is 10.1. The summed E-state index contributed by atoms with van der Waals surface area (Å²) < 4.78 is 32.3. The third kappa shape index (κ3) is 4.50. The van der Waals surface area contributed by atoms with Gasteiger partial charge in [-0.2, -0.15) is 15.2 Å². The highest BCUT2D eigenvalue weighted by molar-refractivity contribution is 5.96. The number of methoxy groups -OCH3 is 1. The van der Waals surface area contributed by atoms with Gasteiger partial charge in [-0.3, -0.25) is 4.79 Å². The number of hydrogen-bond donors (Lipinski definition) is 3. The number of benzene rings is 1. The van der Waals surface area contributed by atoms with Crippen LogP contribution in [0.15, 0.2) is 24.4 Å². The van der Waals surface area contributed by atoms with Crippen molar-refractivity contribution in [1.82, 2.24) is 19.9 Å². The normalized spacial score (nSPS) is 15.2. The van der Waals surface area contributed by atoms with E-state index in [1.54, 1.807) is 24.4 Å². The number of likely N-dealkylation sites (tertiary alicyclic amines) is 1. The number of aromatic nitrogens is 3. The Bertz CT molecular complexity index is 1230. The molecule has 2 aromatic heterocycles. The van der Waals surface area contributed by atoms with E-state index < -0.39 is 5.92 Å². The van der Waals surface area contributed by atoms with Gasteiger partial charge in [0.05, 0.1) is 23.7 Å². The molecule has 0 aliphatic carbocycles. The van der Waals surface area contributed by atoms with Gasteiger partial charge in [0.25, 0.3) is 11.8 Å². The summed E-state index contributed by atoms with van der Waals surface area (Å²) in [6.07, 6.45) is 0.896. The van der Waals surface area contributed by atoms with Gasteiger partial charge in [0.2, 0.25) is 5.95 Å². The summed E-state index contributed by atoms with van der Waals surface area (Å²) >= 11 is 0. The van der Waals surface area contributed by atoms with E-state index >= 15 is 0 Å². The van der Waals surface area contributed by atoms with E-state index in [1.165, 1.54) is 12.0 Å². The predicted octanol–water partition coefficient (Wildman–Crippen LogP) is 3.88. The molecule has 0 unspecified atom stereocenters. The first-order chi connectivity index (χ1) is 15.8. The van der Waals surface area contributed by atoms with Crippen LogP contribution in [-0.2, 0) is 0 Å². The van der Waals surface area contributed by atoms with Crippen molar-refractivity contribution in [3.05, 3.63) is 35.5 Å². The van der Waals surface area contributed by atoms with Crippen LogP contribution in [0, 0.1) is 11.3 Å². The van der Waals surface area contributed by atoms with Crippen LogP contribution in [0.2, 0.25) is 0 Å². The number of hydrogen-bond acceptors (Lipinski definition) is 7. The lowest BCUT2D eigenvalue weighted by Gasteiger charge is -2.31. The van der Waals surface area contributed by atoms with Crippen LogP contribution in [0.3, 0.4) is 0 Å². The van der Waals surface area contributed by atoms with Crippen LogP contribution in [0.25, 0.3) is 11.0 Å². The second-order valence-electron chi connectivity index (χ2n) is 7.65. The molecule has 1 fully saturated rings. The van der Waals surface area contributed by atoms with Gasteiger partial charge >= 0.3 is 0 Å². The Kier molecular flexibility index (Phi) is 6.00. The Labute approximate surface area is 188 Å². The number of nitrogens with one attached hydrogen (secondary N) is 3. The number of piperidine rings is 1. The average molecular weight is 455 g/mol. The highest BCUT2D eigenvalue weighted by atomic mass is 19.3. The average Bonchev–Trinajstić information content (AvgIpc) is 3.22. The topological polar surface area (TPSA) is 119 Å². The monoisotopic (exact) mass is 455 g/mol. The van der Waals surface area contributed by atoms with E-state index in [9.17, 15) is 18.8 Å². The second-order valence-corrected chi connectivity index (χ2v) is 7.65. The number of ether oxygens (including phenoxy) is 1. The molecule has 1 amide bonds. The zero-order chi connectivity index (χ0) is 23.6. The quantitative estimate of drug-likeness (QED) is 0.516. The molecule has 3 aromatic rings. The second kappa shape index (κ2) is 8.90. The molecule has 0 bridgehead atoms. The van der Waals surface area contributed by atoms with Gasteiger partial charge < -0.3 is 25.3 Å². The number of anilines is 3. The first-order valence-corrected chi connectivity index (χ1v) is 10.5. The van der Waals surface area contributed by atoms with Gasteiger partial charge in [-0.1, -0.05) is 0 Å². The molecule has 33 heavy (non-hydrogen) atoms. The summed E-state index contributed by atoms with van der Waals surface area (Å²) in [5.41, 5.74) is 1.79. The largest absolute Gasteiger partial charge is 0.495 e. The van der Waals surface area contributed by atoms with Crippen LogP contribution in [0.4, 0.5) is 26.2 Å². The molecule has 1 saturated heterocycles. The Hall–Kier alpha value is -3.94. The molecule has 0 spiro atoms. The first-order valence-electron chi connectivity index (χ1n) is 10.5. The number of alkyl halides is 2. The number of nitriles is 1. The van der Waals surface area contributed by atoms with Crippen LogP contribution in [-0.4, -0.2) is 58.4 Å². The third-order valence-electron chi connectivity index (χ3n) is 5.47. The maximum atomic E-state index is 13.4. The molecule has 172 valence electrons. The Morgan fingerprint density at radius 1 is 1.33 bits per heavy atom. The maximum Gasteiger partial charge on any atom is 0.253 e. The van der Waals surface area contributed by atoms with E-state index in [2.05, 4.69) is 31.7 Å². The molecular weight excluding hydrogens is 432 g/mol. The number of nitrogens with zero attached hydrogens (tertiary/aromatic N) is 4. The number of amides is 1. The molecule has 9 nitrogen and oxygen atoms in total. The van der Waals surface area contributed by atoms with Crippen molar-refractivity contribution >= 4 is 34.4 Å². The smallest absolute Gasteiger partial charge is 0.253 e. The first kappa shape index (κ1) is 22.3. The third-order valence-corrected chi connectivity index (χ3v) is 5.47. The summed E-state index contributed by atoms with van der Waals surface area (Å²) in [7, 11) is 1.47. The standard InChI is InChI=1S/C22H23F2N7O2/c1-3-26-18-17-14(11-25)12-27-19(17)30-21(29-18)28-15-5-4-13(10-16(15)33-2)20(32)31-8-6-22(23,24)7-9-31/h4-5,10,12H,3,6-9H2,1-2H3,(H3,26,27,28,29,30). The van der Waals surface area contributed by atoms with Crippen LogP contribution in [0.5, 0.6) is 5.75 Å². The summed E-state index contributed by atoms with van der Waals surface area (Å²) in [4.78, 5) is 26.1. The summed E-state index contributed by atoms with van der Waals surface area (Å²) in [6, 6.07) is 6.93. The molecule has 0 atom stereocenters. The van der Waals surface area contributed by atoms with Crippen LogP contribution in [0.1, 0.15) is 35.7 Å². The Morgan fingerprint density at radius 3 is 2.76 bits per heavy atom. The SMILES string of the molecule is CCNc1nc(Nc2ccc(C(=O)N3CCC(F)(F)CC3)cc2OC)nc2[nH]cc(C#N)c12. The number of halogens is 2. The molecule has 0 radical (unpaired) electrons. The van der Waals surface area contributed by atoms with Gasteiger partial charge in [-0.15, -0.1) is 0 Å². The van der Waals surface area contributed by atoms with Crippen molar-refractivity contribution < 1.29 is 18.3 Å². The summed E-state index contributed by atoms with van der Waals surface area (Å²) in [6.45, 7) is 2.54. The van der Waals surface area contributed by atoms with Gasteiger partial charge in [-0.25, -0.2) is 8.78 Å². The van der Waals surface area contributed by atoms with Gasteiger partial charge in [0.15, 0.2) is 0 Å². The lowest BCUT2D eigenvalue weighted by molar-refractivity contribution is -0.0494. The number of fused-ring (bicyclic) bond motifs is 1.